The van der Waals surface area contributed by atoms with Crippen molar-refractivity contribution in [3.63, 3.8) is 0 Å². The zero-order valence-corrected chi connectivity index (χ0v) is 7.21. The second-order valence-electron chi connectivity index (χ2n) is 1.97. The van der Waals surface area contributed by atoms with Crippen molar-refractivity contribution in [2.75, 3.05) is 5.32 Å². The average Bonchev–Trinajstić information content (AvgIpc) is 2.48. The number of nitrogens with zero attached hydrogens (tertiary/aromatic N) is 3. The minimum absolute atomic E-state index is 0.196. The summed E-state index contributed by atoms with van der Waals surface area (Å²) in [5.41, 5.74) is 6.98. The van der Waals surface area contributed by atoms with Gasteiger partial charge in [0.15, 0.2) is 11.7 Å². The SMILES string of the molecule is N=[N+]=NCc1csc(NC(=O)O)n1. The van der Waals surface area contributed by atoms with Gasteiger partial charge in [0.05, 0.1) is 5.69 Å². The summed E-state index contributed by atoms with van der Waals surface area (Å²) >= 11 is 1.16. The highest BCUT2D eigenvalue weighted by molar-refractivity contribution is 7.13. The maximum atomic E-state index is 10.2. The zero-order valence-electron chi connectivity index (χ0n) is 6.39. The van der Waals surface area contributed by atoms with E-state index in [-0.39, 0.29) is 6.54 Å². The standard InChI is InChI=1S/C5H5N5O2S/c6-10-7-1-3-2-13-4(8-3)9-5(11)12/h2,6H,1H2,(H-,8,9,11,12)/p+1. The lowest BCUT2D eigenvalue weighted by Gasteiger charge is -1.90. The topological polar surface area (TPSA) is 113 Å². The molecule has 0 aliphatic rings. The van der Waals surface area contributed by atoms with E-state index in [9.17, 15) is 4.79 Å². The molecule has 0 atom stereocenters. The first-order valence-corrected chi connectivity index (χ1v) is 4.08. The fourth-order valence-corrected chi connectivity index (χ4v) is 1.33. The first-order chi connectivity index (χ1) is 6.22. The molecule has 7 nitrogen and oxygen atoms in total. The second-order valence-corrected chi connectivity index (χ2v) is 2.83. The predicted octanol–water partition coefficient (Wildman–Crippen LogP) is 1.28. The molecule has 1 heterocycles. The van der Waals surface area contributed by atoms with Crippen LogP contribution in [0.3, 0.4) is 0 Å². The summed E-state index contributed by atoms with van der Waals surface area (Å²) in [6.07, 6.45) is -1.15. The summed E-state index contributed by atoms with van der Waals surface area (Å²) in [4.78, 5) is 16.9. The van der Waals surface area contributed by atoms with E-state index in [4.69, 9.17) is 10.6 Å². The molecule has 68 valence electrons. The van der Waals surface area contributed by atoms with E-state index in [1.807, 2.05) is 0 Å². The molecule has 0 spiro atoms. The molecule has 0 saturated carbocycles. The molecule has 0 aliphatic carbocycles. The van der Waals surface area contributed by atoms with Gasteiger partial charge < -0.3 is 5.11 Å². The van der Waals surface area contributed by atoms with Gasteiger partial charge in [-0.25, -0.2) is 9.78 Å². The maximum absolute atomic E-state index is 10.2. The molecule has 1 aromatic rings. The van der Waals surface area contributed by atoms with Crippen LogP contribution in [0.4, 0.5) is 9.93 Å². The first kappa shape index (κ1) is 9.30. The van der Waals surface area contributed by atoms with Crippen LogP contribution in [0.15, 0.2) is 10.5 Å². The smallest absolute Gasteiger partial charge is 0.410 e. The van der Waals surface area contributed by atoms with Gasteiger partial charge in [0.1, 0.15) is 10.6 Å². The van der Waals surface area contributed by atoms with Gasteiger partial charge >= 0.3 is 6.09 Å². The predicted molar refractivity (Wildman–Crippen MR) is 44.7 cm³/mol. The van der Waals surface area contributed by atoms with Gasteiger partial charge in [-0.3, -0.25) is 5.32 Å². The molecule has 8 heteroatoms. The highest BCUT2D eigenvalue weighted by Gasteiger charge is 2.05. The molecule has 0 unspecified atom stereocenters. The molecular formula is C5H6N5O2S+. The number of amides is 1. The third kappa shape index (κ3) is 2.97. The Kier molecular flexibility index (Phi) is 3.07. The van der Waals surface area contributed by atoms with Crippen LogP contribution in [0.1, 0.15) is 5.69 Å². The van der Waals surface area contributed by atoms with Crippen LogP contribution in [-0.2, 0) is 6.54 Å². The van der Waals surface area contributed by atoms with Crippen molar-refractivity contribution >= 4 is 22.6 Å². The summed E-state index contributed by atoms with van der Waals surface area (Å²) in [5.74, 6) is 0. The van der Waals surface area contributed by atoms with Gasteiger partial charge in [-0.1, -0.05) is 0 Å². The number of aromatic nitrogens is 1. The van der Waals surface area contributed by atoms with E-state index >= 15 is 0 Å². The maximum Gasteiger partial charge on any atom is 0.410 e. The number of anilines is 1. The van der Waals surface area contributed by atoms with E-state index in [1.54, 1.807) is 5.38 Å². The Labute approximate surface area is 76.7 Å². The van der Waals surface area contributed by atoms with Crippen molar-refractivity contribution in [2.45, 2.75) is 6.54 Å². The molecule has 0 saturated heterocycles. The number of carbonyl (C=O) groups is 1. The van der Waals surface area contributed by atoms with E-state index in [0.29, 0.717) is 10.8 Å². The number of hydrogen-bond donors (Lipinski definition) is 3. The highest BCUT2D eigenvalue weighted by Crippen LogP contribution is 2.15. The van der Waals surface area contributed by atoms with Gasteiger partial charge in [0.25, 0.3) is 0 Å². The van der Waals surface area contributed by atoms with Gasteiger partial charge in [-0.15, -0.1) is 11.3 Å². The van der Waals surface area contributed by atoms with Gasteiger partial charge in [0.2, 0.25) is 4.91 Å². The Hall–Kier alpha value is -1.79. The third-order valence-electron chi connectivity index (χ3n) is 1.07. The highest BCUT2D eigenvalue weighted by atomic mass is 32.1. The fraction of sp³-hybridized carbons (Fsp3) is 0.200. The van der Waals surface area contributed by atoms with Crippen LogP contribution in [0.25, 0.3) is 0 Å². The van der Waals surface area contributed by atoms with E-state index < -0.39 is 6.09 Å². The van der Waals surface area contributed by atoms with E-state index in [0.717, 1.165) is 11.3 Å². The summed E-state index contributed by atoms with van der Waals surface area (Å²) in [6, 6.07) is 0. The van der Waals surface area contributed by atoms with Crippen molar-refractivity contribution in [2.24, 2.45) is 5.11 Å². The van der Waals surface area contributed by atoms with Crippen molar-refractivity contribution in [1.29, 1.82) is 5.53 Å². The Balaban J connectivity index is 2.63. The van der Waals surface area contributed by atoms with Gasteiger partial charge in [-0.2, -0.15) is 0 Å². The van der Waals surface area contributed by atoms with Crippen molar-refractivity contribution in [3.05, 3.63) is 11.1 Å². The lowest BCUT2D eigenvalue weighted by atomic mass is 10.5. The minimum atomic E-state index is -1.15. The molecule has 13 heavy (non-hydrogen) atoms. The minimum Gasteiger partial charge on any atom is -0.465 e. The van der Waals surface area contributed by atoms with Gasteiger partial charge in [0, 0.05) is 5.38 Å². The number of thiazole rings is 1. The van der Waals surface area contributed by atoms with Crippen LogP contribution in [0, 0.1) is 5.53 Å². The Morgan fingerprint density at radius 1 is 1.92 bits per heavy atom. The molecule has 0 radical (unpaired) electrons. The fourth-order valence-electron chi connectivity index (χ4n) is 0.636. The Morgan fingerprint density at radius 3 is 3.31 bits per heavy atom. The van der Waals surface area contributed by atoms with Crippen LogP contribution < -0.4 is 10.2 Å². The van der Waals surface area contributed by atoms with Crippen molar-refractivity contribution < 1.29 is 9.90 Å². The monoisotopic (exact) mass is 200 g/mol. The Bertz CT molecular complexity index is 337. The molecule has 0 aliphatic heterocycles. The first-order valence-electron chi connectivity index (χ1n) is 3.20. The molecule has 1 amide bonds. The molecule has 1 aromatic heterocycles. The van der Waals surface area contributed by atoms with Crippen LogP contribution in [-0.4, -0.2) is 16.2 Å². The van der Waals surface area contributed by atoms with Crippen LogP contribution >= 0.6 is 11.3 Å². The molecule has 0 fully saturated rings. The third-order valence-corrected chi connectivity index (χ3v) is 1.88. The number of hydrogen-bond acceptors (Lipinski definition) is 5. The van der Waals surface area contributed by atoms with Crippen LogP contribution in [0.2, 0.25) is 0 Å². The van der Waals surface area contributed by atoms with Crippen molar-refractivity contribution in [3.8, 4) is 0 Å². The summed E-state index contributed by atoms with van der Waals surface area (Å²) in [6.45, 7) is 0.196. The second kappa shape index (κ2) is 4.29. The van der Waals surface area contributed by atoms with E-state index in [2.05, 4.69) is 20.3 Å². The molecule has 3 N–H and O–H groups in total. The zero-order chi connectivity index (χ0) is 9.68. The molecule has 0 bridgehead atoms. The molecular weight excluding hydrogens is 194 g/mol. The lowest BCUT2D eigenvalue weighted by Crippen LogP contribution is -2.06. The normalized spacial score (nSPS) is 8.92. The van der Waals surface area contributed by atoms with Crippen LogP contribution in [0.5, 0.6) is 0 Å². The average molecular weight is 200 g/mol. The summed E-state index contributed by atoms with van der Waals surface area (Å²) < 4.78 is 0. The number of rotatable bonds is 3. The Morgan fingerprint density at radius 2 is 2.69 bits per heavy atom. The largest absolute Gasteiger partial charge is 0.465 e. The molecule has 0 aromatic carbocycles. The number of nitrogens with one attached hydrogen (secondary N) is 2. The lowest BCUT2D eigenvalue weighted by molar-refractivity contribution is 0.209. The summed E-state index contributed by atoms with van der Waals surface area (Å²) in [5, 5.41) is 15.8. The number of carboxylic acid groups (broad SMARTS) is 1. The quantitative estimate of drug-likeness (QED) is 0.504. The van der Waals surface area contributed by atoms with Gasteiger partial charge in [-0.05, 0) is 0 Å². The van der Waals surface area contributed by atoms with Crippen molar-refractivity contribution in [1.82, 2.24) is 9.90 Å². The summed E-state index contributed by atoms with van der Waals surface area (Å²) in [7, 11) is 0. The molecule has 1 rings (SSSR count). The van der Waals surface area contributed by atoms with E-state index in [1.165, 1.54) is 0 Å².